The van der Waals surface area contributed by atoms with Gasteiger partial charge in [0, 0.05) is 12.0 Å². The zero-order valence-electron chi connectivity index (χ0n) is 12.0. The Hall–Kier alpha value is -0.890. The summed E-state index contributed by atoms with van der Waals surface area (Å²) in [5.74, 6) is 0.622. The highest BCUT2D eigenvalue weighted by Crippen LogP contribution is 2.68. The highest BCUT2D eigenvalue weighted by molar-refractivity contribution is 5.34. The molecule has 1 aromatic carbocycles. The van der Waals surface area contributed by atoms with Crippen molar-refractivity contribution in [2.75, 3.05) is 13.1 Å². The summed E-state index contributed by atoms with van der Waals surface area (Å²) < 4.78 is 14.1. The zero-order chi connectivity index (χ0) is 13.5. The smallest absolute Gasteiger partial charge is 0.127 e. The molecule has 104 valence electrons. The van der Waals surface area contributed by atoms with Crippen molar-refractivity contribution in [3.8, 4) is 0 Å². The molecule has 1 N–H and O–H groups in total. The molecule has 0 heterocycles. The maximum Gasteiger partial charge on any atom is 0.127 e. The van der Waals surface area contributed by atoms with Gasteiger partial charge < -0.3 is 5.32 Å². The minimum atomic E-state index is -0.0238. The normalized spacial score (nSPS) is 22.5. The van der Waals surface area contributed by atoms with Gasteiger partial charge in [0.25, 0.3) is 0 Å². The van der Waals surface area contributed by atoms with Crippen LogP contribution in [0.2, 0.25) is 0 Å². The first kappa shape index (κ1) is 13.1. The number of benzene rings is 1. The number of rotatable bonds is 5. The second-order valence-electron chi connectivity index (χ2n) is 7.14. The van der Waals surface area contributed by atoms with Crippen LogP contribution in [0, 0.1) is 17.2 Å². The van der Waals surface area contributed by atoms with Gasteiger partial charge in [-0.05, 0) is 55.2 Å². The molecule has 3 rings (SSSR count). The monoisotopic (exact) mass is 261 g/mol. The second kappa shape index (κ2) is 4.59. The van der Waals surface area contributed by atoms with Crippen LogP contribution in [0.4, 0.5) is 4.39 Å². The van der Waals surface area contributed by atoms with Crippen molar-refractivity contribution in [1.82, 2.24) is 5.32 Å². The molecule has 2 aliphatic rings. The maximum absolute atomic E-state index is 14.1. The molecule has 1 nitrogen and oxygen atoms in total. The Morgan fingerprint density at radius 1 is 1.21 bits per heavy atom. The molecule has 0 atom stereocenters. The molecule has 0 aromatic heterocycles. The second-order valence-corrected chi connectivity index (χ2v) is 7.14. The van der Waals surface area contributed by atoms with Crippen LogP contribution in [0.3, 0.4) is 0 Å². The van der Waals surface area contributed by atoms with Crippen molar-refractivity contribution in [2.45, 2.75) is 44.9 Å². The van der Waals surface area contributed by atoms with Crippen LogP contribution < -0.4 is 5.32 Å². The molecule has 19 heavy (non-hydrogen) atoms. The molecule has 0 amide bonds. The molecule has 0 bridgehead atoms. The minimum absolute atomic E-state index is 0.0238. The van der Waals surface area contributed by atoms with Gasteiger partial charge in [-0.2, -0.15) is 0 Å². The number of hydrogen-bond acceptors (Lipinski definition) is 1. The summed E-state index contributed by atoms with van der Waals surface area (Å²) in [7, 11) is 0. The third kappa shape index (κ3) is 2.43. The van der Waals surface area contributed by atoms with E-state index in [9.17, 15) is 4.39 Å². The lowest BCUT2D eigenvalue weighted by Gasteiger charge is -2.49. The first-order valence-corrected chi connectivity index (χ1v) is 7.51. The van der Waals surface area contributed by atoms with Crippen LogP contribution in [-0.2, 0) is 5.41 Å². The third-order valence-corrected chi connectivity index (χ3v) is 4.85. The van der Waals surface area contributed by atoms with E-state index in [-0.39, 0.29) is 11.2 Å². The summed E-state index contributed by atoms with van der Waals surface area (Å²) in [4.78, 5) is 0. The van der Waals surface area contributed by atoms with Gasteiger partial charge in [0.2, 0.25) is 0 Å². The first-order chi connectivity index (χ1) is 9.05. The summed E-state index contributed by atoms with van der Waals surface area (Å²) in [6, 6.07) is 7.36. The molecule has 0 aliphatic heterocycles. The Bertz CT molecular complexity index is 454. The van der Waals surface area contributed by atoms with Crippen molar-refractivity contribution in [2.24, 2.45) is 11.3 Å². The molecular weight excluding hydrogens is 237 g/mol. The predicted molar refractivity (Wildman–Crippen MR) is 76.7 cm³/mol. The standard InChI is InChI=1S/C17H24FN/c1-13(2)9-19-12-17(10-16(11-17)7-8-16)14-5-3-4-6-15(14)18/h3-6,13,19H,7-12H2,1-2H3. The molecule has 0 radical (unpaired) electrons. The summed E-state index contributed by atoms with van der Waals surface area (Å²) in [6.07, 6.45) is 5.05. The largest absolute Gasteiger partial charge is 0.316 e. The molecule has 0 saturated heterocycles. The van der Waals surface area contributed by atoms with Gasteiger partial charge in [-0.15, -0.1) is 0 Å². The van der Waals surface area contributed by atoms with Crippen molar-refractivity contribution < 1.29 is 4.39 Å². The lowest BCUT2D eigenvalue weighted by atomic mass is 9.56. The van der Waals surface area contributed by atoms with E-state index in [1.807, 2.05) is 12.1 Å². The van der Waals surface area contributed by atoms with Crippen molar-refractivity contribution in [3.05, 3.63) is 35.6 Å². The molecule has 1 spiro atoms. The van der Waals surface area contributed by atoms with Crippen molar-refractivity contribution in [1.29, 1.82) is 0 Å². The van der Waals surface area contributed by atoms with E-state index >= 15 is 0 Å². The number of halogens is 1. The Morgan fingerprint density at radius 3 is 2.47 bits per heavy atom. The van der Waals surface area contributed by atoms with Crippen molar-refractivity contribution in [3.63, 3.8) is 0 Å². The first-order valence-electron chi connectivity index (χ1n) is 7.51. The molecule has 0 unspecified atom stereocenters. The van der Waals surface area contributed by atoms with Gasteiger partial charge in [0.1, 0.15) is 5.82 Å². The van der Waals surface area contributed by atoms with Gasteiger partial charge in [-0.3, -0.25) is 0 Å². The molecule has 2 heteroatoms. The zero-order valence-corrected chi connectivity index (χ0v) is 12.0. The number of hydrogen-bond donors (Lipinski definition) is 1. The van der Waals surface area contributed by atoms with E-state index in [4.69, 9.17) is 0 Å². The average Bonchev–Trinajstić information content (AvgIpc) is 3.08. The maximum atomic E-state index is 14.1. The van der Waals surface area contributed by atoms with E-state index in [0.29, 0.717) is 11.3 Å². The van der Waals surface area contributed by atoms with Crippen LogP contribution in [0.5, 0.6) is 0 Å². The third-order valence-electron chi connectivity index (χ3n) is 4.85. The lowest BCUT2D eigenvalue weighted by Crippen LogP contribution is -2.50. The van der Waals surface area contributed by atoms with E-state index in [2.05, 4.69) is 19.2 Å². The quantitative estimate of drug-likeness (QED) is 0.848. The van der Waals surface area contributed by atoms with Crippen LogP contribution in [0.15, 0.2) is 24.3 Å². The van der Waals surface area contributed by atoms with E-state index in [1.54, 1.807) is 12.1 Å². The van der Waals surface area contributed by atoms with Gasteiger partial charge >= 0.3 is 0 Å². The van der Waals surface area contributed by atoms with Crippen LogP contribution in [0.1, 0.15) is 45.1 Å². The predicted octanol–water partition coefficient (Wildman–Crippen LogP) is 3.88. The van der Waals surface area contributed by atoms with Gasteiger partial charge in [-0.1, -0.05) is 32.0 Å². The fourth-order valence-corrected chi connectivity index (χ4v) is 3.82. The topological polar surface area (TPSA) is 12.0 Å². The van der Waals surface area contributed by atoms with Crippen molar-refractivity contribution >= 4 is 0 Å². The summed E-state index contributed by atoms with van der Waals surface area (Å²) >= 11 is 0. The minimum Gasteiger partial charge on any atom is -0.316 e. The Labute approximate surface area is 115 Å². The number of nitrogens with one attached hydrogen (secondary N) is 1. The summed E-state index contributed by atoms with van der Waals surface area (Å²) in [5.41, 5.74) is 1.57. The molecule has 2 saturated carbocycles. The fourth-order valence-electron chi connectivity index (χ4n) is 3.82. The van der Waals surface area contributed by atoms with Gasteiger partial charge in [0.05, 0.1) is 0 Å². The van der Waals surface area contributed by atoms with E-state index < -0.39 is 0 Å². The average molecular weight is 261 g/mol. The van der Waals surface area contributed by atoms with Crippen LogP contribution >= 0.6 is 0 Å². The summed E-state index contributed by atoms with van der Waals surface area (Å²) in [6.45, 7) is 6.37. The summed E-state index contributed by atoms with van der Waals surface area (Å²) in [5, 5.41) is 3.55. The van der Waals surface area contributed by atoms with Crippen LogP contribution in [-0.4, -0.2) is 13.1 Å². The highest BCUT2D eigenvalue weighted by atomic mass is 19.1. The SMILES string of the molecule is CC(C)CNCC1(c2ccccc2F)CC2(CC2)C1. The fraction of sp³-hybridized carbons (Fsp3) is 0.647. The van der Waals surface area contributed by atoms with Gasteiger partial charge in [0.15, 0.2) is 0 Å². The van der Waals surface area contributed by atoms with E-state index in [1.165, 1.54) is 25.7 Å². The highest BCUT2D eigenvalue weighted by Gasteiger charge is 2.61. The van der Waals surface area contributed by atoms with Gasteiger partial charge in [-0.25, -0.2) is 4.39 Å². The Balaban J connectivity index is 1.76. The van der Waals surface area contributed by atoms with Crippen LogP contribution in [0.25, 0.3) is 0 Å². The van der Waals surface area contributed by atoms with E-state index in [0.717, 1.165) is 18.7 Å². The lowest BCUT2D eigenvalue weighted by molar-refractivity contribution is 0.111. The Kier molecular flexibility index (Phi) is 3.17. The molecule has 2 fully saturated rings. The molecule has 2 aliphatic carbocycles. The molecule has 1 aromatic rings. The Morgan fingerprint density at radius 2 is 1.89 bits per heavy atom. The molecular formula is C17H24FN.